The fraction of sp³-hybridized carbons (Fsp3) is 0.750. The Labute approximate surface area is 130 Å². The van der Waals surface area contributed by atoms with Crippen molar-refractivity contribution in [1.82, 2.24) is 0 Å². The first-order valence-corrected chi connectivity index (χ1v) is 5.99. The van der Waals surface area contributed by atoms with E-state index in [2.05, 4.69) is 11.7 Å². The predicted octanol–water partition coefficient (Wildman–Crippen LogP) is -2.05. The van der Waals surface area contributed by atoms with Gasteiger partial charge in [0.1, 0.15) is 0 Å². The summed E-state index contributed by atoms with van der Waals surface area (Å²) < 4.78 is 4.44. The summed E-state index contributed by atoms with van der Waals surface area (Å²) in [7, 11) is 0. The van der Waals surface area contributed by atoms with Crippen LogP contribution in [0.5, 0.6) is 0 Å². The van der Waals surface area contributed by atoms with Crippen LogP contribution in [-0.2, 0) is 19.1 Å². The first kappa shape index (κ1) is 19.9. The van der Waals surface area contributed by atoms with Crippen LogP contribution < -0.4 is 34.7 Å². The number of ether oxygens (including phenoxy) is 1. The van der Waals surface area contributed by atoms with E-state index in [4.69, 9.17) is 0 Å². The zero-order valence-electron chi connectivity index (χ0n) is 11.2. The number of aliphatic carboxylic acids is 1. The molecular weight excluding hydrogens is 247 g/mol. The van der Waals surface area contributed by atoms with Gasteiger partial charge in [0.05, 0.1) is 6.42 Å². The summed E-state index contributed by atoms with van der Waals surface area (Å²) in [5, 5.41) is 10.1. The van der Waals surface area contributed by atoms with E-state index in [-0.39, 0.29) is 42.4 Å². The molecule has 0 aliphatic rings. The summed E-state index contributed by atoms with van der Waals surface area (Å²) in [6.45, 7) is 2.10. The molecule has 98 valence electrons. The van der Waals surface area contributed by atoms with E-state index in [0.717, 1.165) is 25.7 Å². The maximum Gasteiger partial charge on any atom is 1.00 e. The Kier molecular flexibility index (Phi) is 14.5. The van der Waals surface area contributed by atoms with Gasteiger partial charge in [-0.25, -0.2) is 0 Å². The molecule has 0 saturated heterocycles. The van der Waals surface area contributed by atoms with Crippen LogP contribution in [0.4, 0.5) is 0 Å². The zero-order chi connectivity index (χ0) is 13.1. The molecule has 0 heterocycles. The summed E-state index contributed by atoms with van der Waals surface area (Å²) in [5.41, 5.74) is 0. The average molecular weight is 266 g/mol. The van der Waals surface area contributed by atoms with Crippen LogP contribution in [0.1, 0.15) is 58.3 Å². The van der Waals surface area contributed by atoms with Crippen molar-refractivity contribution in [2.24, 2.45) is 0 Å². The molecule has 0 saturated carbocycles. The molecule has 0 N–H and O–H groups in total. The quantitative estimate of drug-likeness (QED) is 0.208. The van der Waals surface area contributed by atoms with E-state index in [1.165, 1.54) is 0 Å². The van der Waals surface area contributed by atoms with Crippen molar-refractivity contribution < 1.29 is 53.8 Å². The first-order valence-electron chi connectivity index (χ1n) is 5.99. The number of carboxylic acids is 1. The predicted molar refractivity (Wildman–Crippen MR) is 58.7 cm³/mol. The molecule has 18 heavy (non-hydrogen) atoms. The number of carbonyl (C=O) groups excluding carboxylic acids is 3. The minimum absolute atomic E-state index is 0. The van der Waals surface area contributed by atoms with Gasteiger partial charge in [-0.1, -0.05) is 32.6 Å². The van der Waals surface area contributed by atoms with Gasteiger partial charge in [0.2, 0.25) is 0 Å². The van der Waals surface area contributed by atoms with E-state index >= 15 is 0 Å². The van der Waals surface area contributed by atoms with Crippen molar-refractivity contribution >= 4 is 17.9 Å². The molecule has 5 nitrogen and oxygen atoms in total. The summed E-state index contributed by atoms with van der Waals surface area (Å²) in [5.74, 6) is -2.70. The molecule has 0 spiro atoms. The van der Waals surface area contributed by atoms with Crippen molar-refractivity contribution in [2.45, 2.75) is 58.3 Å². The van der Waals surface area contributed by atoms with Crippen molar-refractivity contribution in [3.05, 3.63) is 0 Å². The molecule has 0 amide bonds. The van der Waals surface area contributed by atoms with Gasteiger partial charge >= 0.3 is 41.5 Å². The number of hydrogen-bond acceptors (Lipinski definition) is 5. The van der Waals surface area contributed by atoms with Crippen molar-refractivity contribution in [3.63, 3.8) is 0 Å². The Balaban J connectivity index is 0. The molecule has 0 aliphatic carbocycles. The van der Waals surface area contributed by atoms with E-state index in [1.54, 1.807) is 0 Å². The average Bonchev–Trinajstić information content (AvgIpc) is 2.26. The smallest absolute Gasteiger partial charge is 0.550 e. The molecule has 0 bridgehead atoms. The number of carboxylic acid groups (broad SMARTS) is 1. The molecule has 0 radical (unpaired) electrons. The van der Waals surface area contributed by atoms with Crippen LogP contribution in [-0.4, -0.2) is 17.9 Å². The molecule has 0 aromatic carbocycles. The minimum atomic E-state index is -1.33. The second kappa shape index (κ2) is 13.1. The molecule has 0 atom stereocenters. The Hall–Kier alpha value is -0.390. The summed E-state index contributed by atoms with van der Waals surface area (Å²) in [4.78, 5) is 32.1. The SMILES string of the molecule is CCCCCCCC(=O)OC(=O)CCC(=O)[O-].[Na+]. The van der Waals surface area contributed by atoms with E-state index in [1.807, 2.05) is 0 Å². The number of hydrogen-bond donors (Lipinski definition) is 0. The Morgan fingerprint density at radius 1 is 0.889 bits per heavy atom. The van der Waals surface area contributed by atoms with Gasteiger partial charge in [0.15, 0.2) is 0 Å². The molecular formula is C12H19NaO5. The largest absolute Gasteiger partial charge is 1.00 e. The van der Waals surface area contributed by atoms with E-state index in [0.29, 0.717) is 6.42 Å². The number of unbranched alkanes of at least 4 members (excludes halogenated alkanes) is 4. The fourth-order valence-corrected chi connectivity index (χ4v) is 1.31. The van der Waals surface area contributed by atoms with Gasteiger partial charge in [-0.3, -0.25) is 9.59 Å². The number of carbonyl (C=O) groups is 3. The normalized spacial score (nSPS) is 9.39. The first-order chi connectivity index (χ1) is 8.06. The van der Waals surface area contributed by atoms with Crippen LogP contribution in [0.15, 0.2) is 0 Å². The van der Waals surface area contributed by atoms with Crippen molar-refractivity contribution in [3.8, 4) is 0 Å². The minimum Gasteiger partial charge on any atom is -0.550 e. The molecule has 0 aromatic rings. The number of rotatable bonds is 9. The van der Waals surface area contributed by atoms with Gasteiger partial charge in [0, 0.05) is 12.4 Å². The Morgan fingerprint density at radius 2 is 1.44 bits per heavy atom. The summed E-state index contributed by atoms with van der Waals surface area (Å²) >= 11 is 0. The Morgan fingerprint density at radius 3 is 2.00 bits per heavy atom. The third-order valence-corrected chi connectivity index (χ3v) is 2.25. The second-order valence-electron chi connectivity index (χ2n) is 3.88. The van der Waals surface area contributed by atoms with E-state index in [9.17, 15) is 19.5 Å². The molecule has 0 aromatic heterocycles. The maximum atomic E-state index is 11.1. The van der Waals surface area contributed by atoms with Gasteiger partial charge in [0.25, 0.3) is 0 Å². The van der Waals surface area contributed by atoms with Gasteiger partial charge in [-0.15, -0.1) is 0 Å². The number of esters is 2. The van der Waals surface area contributed by atoms with Gasteiger partial charge in [-0.2, -0.15) is 0 Å². The van der Waals surface area contributed by atoms with Crippen LogP contribution >= 0.6 is 0 Å². The van der Waals surface area contributed by atoms with Crippen molar-refractivity contribution in [2.75, 3.05) is 0 Å². The van der Waals surface area contributed by atoms with Crippen LogP contribution in [0.3, 0.4) is 0 Å². The maximum absolute atomic E-state index is 11.1. The van der Waals surface area contributed by atoms with Crippen LogP contribution in [0.2, 0.25) is 0 Å². The summed E-state index contributed by atoms with van der Waals surface area (Å²) in [6, 6.07) is 0. The Bertz CT molecular complexity index is 265. The van der Waals surface area contributed by atoms with Crippen molar-refractivity contribution in [1.29, 1.82) is 0 Å². The molecule has 0 fully saturated rings. The van der Waals surface area contributed by atoms with Crippen LogP contribution in [0.25, 0.3) is 0 Å². The molecule has 0 aliphatic heterocycles. The molecule has 0 rings (SSSR count). The summed E-state index contributed by atoms with van der Waals surface area (Å²) in [6.07, 6.45) is 4.46. The third kappa shape index (κ3) is 13.7. The zero-order valence-corrected chi connectivity index (χ0v) is 13.2. The van der Waals surface area contributed by atoms with Gasteiger partial charge in [-0.05, 0) is 12.8 Å². The van der Waals surface area contributed by atoms with E-state index < -0.39 is 24.3 Å². The topological polar surface area (TPSA) is 83.5 Å². The molecule has 6 heteroatoms. The molecule has 0 unspecified atom stereocenters. The van der Waals surface area contributed by atoms with Crippen LogP contribution in [0, 0.1) is 0 Å². The second-order valence-corrected chi connectivity index (χ2v) is 3.88. The monoisotopic (exact) mass is 266 g/mol. The standard InChI is InChI=1S/C12H20O5.Na/c1-2-3-4-5-6-7-11(15)17-12(16)9-8-10(13)14;/h2-9H2,1H3,(H,13,14);/q;+1/p-1. The third-order valence-electron chi connectivity index (χ3n) is 2.25. The van der Waals surface area contributed by atoms with Gasteiger partial charge < -0.3 is 14.6 Å². The fourth-order valence-electron chi connectivity index (χ4n) is 1.31.